The van der Waals surface area contributed by atoms with Crippen LogP contribution in [0.3, 0.4) is 0 Å². The Morgan fingerprint density at radius 1 is 0.835 bits per heavy atom. The summed E-state index contributed by atoms with van der Waals surface area (Å²) >= 11 is 6.45. The summed E-state index contributed by atoms with van der Waals surface area (Å²) in [7, 11) is 1.50. The molecule has 21 nitrogen and oxygen atoms in total. The molecule has 8 amide bonds. The van der Waals surface area contributed by atoms with Gasteiger partial charge in [-0.1, -0.05) is 82.6 Å². The molecule has 3 heterocycles. The second-order valence-corrected chi connectivity index (χ2v) is 22.7. The maximum atomic E-state index is 14.3. The average Bonchev–Trinajstić information content (AvgIpc) is 4.36. The first kappa shape index (κ1) is 61.3. The predicted molar refractivity (Wildman–Crippen MR) is 288 cm³/mol. The van der Waals surface area contributed by atoms with Crippen molar-refractivity contribution in [2.45, 2.75) is 175 Å². The molecule has 1 saturated carbocycles. The van der Waals surface area contributed by atoms with Crippen molar-refractivity contribution < 1.29 is 67.0 Å². The minimum absolute atomic E-state index is 0.00294. The number of nitrogens with zero attached hydrogens (tertiary/aromatic N) is 1. The third-order valence-corrected chi connectivity index (χ3v) is 14.9. The summed E-state index contributed by atoms with van der Waals surface area (Å²) in [6, 6.07) is 7.90. The Morgan fingerprint density at radius 2 is 1.51 bits per heavy atom. The van der Waals surface area contributed by atoms with Crippen LogP contribution < -0.4 is 36.6 Å². The number of carbonyl (C=O) groups excluding carboxylic acids is 10. The number of halogens is 1. The lowest BCUT2D eigenvalue weighted by Gasteiger charge is -2.36. The number of esters is 1. The van der Waals surface area contributed by atoms with Crippen LogP contribution in [0.4, 0.5) is 0 Å². The normalized spacial score (nSPS) is 24.3. The summed E-state index contributed by atoms with van der Waals surface area (Å²) in [5.74, 6) is -6.00. The SMILES string of the molecule is COc1ccc(C[C@H]2NC(=O)/C=C/C[C@@H]([C@H](C)[C@H]3O[C@@H]3c3ccc(CNC(=O)C(C)NC(=O)C(NC(=O)CCCC(=O)ON4C(=O)CCC4=O)C(C)C)cc3)OC(=O)[C@H](CC(C)C)NC(=O)C(C)(C)C(C3CC3)NC2=O)cc1Cl. The van der Waals surface area contributed by atoms with Crippen molar-refractivity contribution in [3.05, 3.63) is 76.3 Å². The molecular formula is C57H76ClN7O14. The summed E-state index contributed by atoms with van der Waals surface area (Å²) in [6.07, 6.45) is 2.99. The number of imide groups is 1. The highest BCUT2D eigenvalue weighted by Crippen LogP contribution is 2.45. The number of hydrogen-bond acceptors (Lipinski definition) is 14. The zero-order valence-corrected chi connectivity index (χ0v) is 47.2. The standard InChI is InChI=1S/C57H76ClN7O14/c1-30(2)26-40-55(74)77-41(12-10-13-43(66)61-39(28-35-18-23-42(76-9)38(58)27-35)53(72)64-51(37-21-22-37)57(7,8)56(75)62-40)32(5)49-50(78-49)36-19-16-34(17-20-36)29-59-52(71)33(6)60-54(73)48(31(3)4)63-44(67)14-11-15-47(70)79-65-45(68)24-25-46(65)69/h10,13,16-20,23,27,30-33,37,39-41,48-51H,11-12,14-15,21-22,24-26,28-29H2,1-9H3,(H,59,71)(H,60,73)(H,61,66)(H,62,75)(H,63,67)(H,64,72)/b13-10+/t32-,33?,39+,40-,41-,48?,49+,50+,51?/m0/s1. The first-order chi connectivity index (χ1) is 37.4. The minimum Gasteiger partial charge on any atom is -0.495 e. The van der Waals surface area contributed by atoms with Crippen molar-refractivity contribution in [1.29, 1.82) is 0 Å². The second kappa shape index (κ2) is 27.3. The topological polar surface area (TPSA) is 286 Å². The number of cyclic esters (lactones) is 1. The fourth-order valence-corrected chi connectivity index (χ4v) is 9.95. The Bertz CT molecular complexity index is 2620. The molecule has 0 spiro atoms. The Kier molecular flexibility index (Phi) is 21.2. The van der Waals surface area contributed by atoms with E-state index in [1.807, 2.05) is 45.0 Å². The van der Waals surface area contributed by atoms with Crippen molar-refractivity contribution >= 4 is 70.8 Å². The first-order valence-electron chi connectivity index (χ1n) is 27.2. The van der Waals surface area contributed by atoms with Gasteiger partial charge in [0.25, 0.3) is 11.8 Å². The molecule has 430 valence electrons. The van der Waals surface area contributed by atoms with Gasteiger partial charge in [-0.05, 0) is 99.1 Å². The van der Waals surface area contributed by atoms with E-state index in [0.717, 1.165) is 24.0 Å². The predicted octanol–water partition coefficient (Wildman–Crippen LogP) is 4.51. The van der Waals surface area contributed by atoms with Gasteiger partial charge in [0.05, 0.1) is 23.7 Å². The van der Waals surface area contributed by atoms with E-state index in [0.29, 0.717) is 21.4 Å². The van der Waals surface area contributed by atoms with Crippen LogP contribution in [-0.4, -0.2) is 114 Å². The van der Waals surface area contributed by atoms with E-state index in [2.05, 4.69) is 31.9 Å². The number of benzene rings is 2. The molecule has 9 atom stereocenters. The molecule has 2 aromatic rings. The average molecular weight is 1120 g/mol. The van der Waals surface area contributed by atoms with Crippen molar-refractivity contribution in [2.75, 3.05) is 7.11 Å². The zero-order valence-electron chi connectivity index (χ0n) is 46.4. The molecule has 0 aromatic heterocycles. The van der Waals surface area contributed by atoms with Gasteiger partial charge in [0.15, 0.2) is 0 Å². The molecule has 3 fully saturated rings. The van der Waals surface area contributed by atoms with Crippen LogP contribution >= 0.6 is 11.6 Å². The van der Waals surface area contributed by atoms with E-state index in [4.69, 9.17) is 30.6 Å². The summed E-state index contributed by atoms with van der Waals surface area (Å²) in [4.78, 5) is 136. The summed E-state index contributed by atoms with van der Waals surface area (Å²) in [5.41, 5.74) is 1.09. The smallest absolute Gasteiger partial charge is 0.333 e. The number of carbonyl (C=O) groups is 10. The Labute approximate surface area is 466 Å². The number of epoxide rings is 1. The number of ether oxygens (including phenoxy) is 3. The highest BCUT2D eigenvalue weighted by molar-refractivity contribution is 6.32. The molecule has 2 aromatic carbocycles. The third kappa shape index (κ3) is 17.1. The molecule has 6 rings (SSSR count). The van der Waals surface area contributed by atoms with Crippen molar-refractivity contribution in [2.24, 2.45) is 29.1 Å². The number of amides is 8. The van der Waals surface area contributed by atoms with Crippen LogP contribution in [0.1, 0.15) is 136 Å². The number of methoxy groups -OCH3 is 1. The maximum absolute atomic E-state index is 14.3. The number of rotatable bonds is 21. The van der Waals surface area contributed by atoms with Gasteiger partial charge in [-0.2, -0.15) is 0 Å². The van der Waals surface area contributed by atoms with Gasteiger partial charge in [0.1, 0.15) is 42.1 Å². The molecule has 22 heteroatoms. The van der Waals surface area contributed by atoms with E-state index in [9.17, 15) is 47.9 Å². The summed E-state index contributed by atoms with van der Waals surface area (Å²) in [6.45, 7) is 14.4. The minimum atomic E-state index is -1.17. The molecule has 0 bridgehead atoms. The zero-order chi connectivity index (χ0) is 57.9. The first-order valence-corrected chi connectivity index (χ1v) is 27.5. The highest BCUT2D eigenvalue weighted by Gasteiger charge is 2.50. The van der Waals surface area contributed by atoms with Crippen LogP contribution in [0.5, 0.6) is 5.75 Å². The Balaban J connectivity index is 1.06. The summed E-state index contributed by atoms with van der Waals surface area (Å²) in [5, 5.41) is 17.8. The highest BCUT2D eigenvalue weighted by atomic mass is 35.5. The van der Waals surface area contributed by atoms with Gasteiger partial charge in [0, 0.05) is 57.0 Å². The monoisotopic (exact) mass is 1120 g/mol. The van der Waals surface area contributed by atoms with Crippen molar-refractivity contribution in [1.82, 2.24) is 37.0 Å². The quantitative estimate of drug-likeness (QED) is 0.0570. The molecule has 2 saturated heterocycles. The molecule has 4 aliphatic rings. The number of hydrogen-bond donors (Lipinski definition) is 6. The lowest BCUT2D eigenvalue weighted by atomic mass is 9.80. The number of hydroxylamine groups is 2. The fraction of sp³-hybridized carbons (Fsp3) is 0.579. The fourth-order valence-electron chi connectivity index (χ4n) is 9.67. The second-order valence-electron chi connectivity index (χ2n) is 22.3. The van der Waals surface area contributed by atoms with E-state index < -0.39 is 113 Å². The molecule has 0 radical (unpaired) electrons. The molecule has 1 aliphatic carbocycles. The molecule has 79 heavy (non-hydrogen) atoms. The van der Waals surface area contributed by atoms with Gasteiger partial charge in [-0.15, -0.1) is 5.06 Å². The number of nitrogens with one attached hydrogen (secondary N) is 6. The molecular weight excluding hydrogens is 1040 g/mol. The molecule has 3 aliphatic heterocycles. The van der Waals surface area contributed by atoms with Crippen molar-refractivity contribution in [3.8, 4) is 5.75 Å². The van der Waals surface area contributed by atoms with E-state index in [1.54, 1.807) is 52.0 Å². The van der Waals surface area contributed by atoms with Gasteiger partial charge in [-0.3, -0.25) is 38.4 Å². The van der Waals surface area contributed by atoms with E-state index in [1.165, 1.54) is 20.1 Å². The van der Waals surface area contributed by atoms with Gasteiger partial charge < -0.3 is 50.9 Å². The van der Waals surface area contributed by atoms with E-state index >= 15 is 0 Å². The van der Waals surface area contributed by atoms with Crippen LogP contribution in [0.15, 0.2) is 54.6 Å². The Morgan fingerprint density at radius 3 is 2.13 bits per heavy atom. The van der Waals surface area contributed by atoms with Crippen LogP contribution in [0, 0.1) is 29.1 Å². The lowest BCUT2D eigenvalue weighted by molar-refractivity contribution is -0.197. The van der Waals surface area contributed by atoms with Gasteiger partial charge >= 0.3 is 11.9 Å². The largest absolute Gasteiger partial charge is 0.495 e. The van der Waals surface area contributed by atoms with Crippen LogP contribution in [0.2, 0.25) is 5.02 Å². The van der Waals surface area contributed by atoms with E-state index in [-0.39, 0.29) is 81.8 Å². The Hall–Kier alpha value is -6.87. The molecule has 3 unspecified atom stereocenters. The van der Waals surface area contributed by atoms with Crippen molar-refractivity contribution in [3.63, 3.8) is 0 Å². The molecule has 6 N–H and O–H groups in total. The van der Waals surface area contributed by atoms with Crippen LogP contribution in [0.25, 0.3) is 0 Å². The third-order valence-electron chi connectivity index (χ3n) is 14.7. The van der Waals surface area contributed by atoms with Gasteiger partial charge in [0.2, 0.25) is 35.4 Å². The van der Waals surface area contributed by atoms with Crippen LogP contribution in [-0.2, 0) is 75.2 Å². The lowest BCUT2D eigenvalue weighted by Crippen LogP contribution is -2.59. The maximum Gasteiger partial charge on any atom is 0.333 e. The summed E-state index contributed by atoms with van der Waals surface area (Å²) < 4.78 is 17.8. The van der Waals surface area contributed by atoms with Gasteiger partial charge in [-0.25, -0.2) is 9.59 Å².